The van der Waals surface area contributed by atoms with Gasteiger partial charge in [0.25, 0.3) is 0 Å². The molecule has 0 N–H and O–H groups in total. The van der Waals surface area contributed by atoms with E-state index in [9.17, 15) is 9.59 Å². The van der Waals surface area contributed by atoms with Crippen LogP contribution in [-0.2, 0) is 4.79 Å². The summed E-state index contributed by atoms with van der Waals surface area (Å²) in [6.45, 7) is 4.15. The van der Waals surface area contributed by atoms with Crippen LogP contribution in [0.4, 0.5) is 0 Å². The Balaban J connectivity index is 2.66. The number of hydrogen-bond acceptors (Lipinski definition) is 2. The lowest BCUT2D eigenvalue weighted by atomic mass is 9.87. The number of fused-ring (bicyclic) bond motifs is 1. The molecule has 0 amide bonds. The van der Waals surface area contributed by atoms with Gasteiger partial charge >= 0.3 is 0 Å². The fourth-order valence-corrected chi connectivity index (χ4v) is 1.84. The predicted molar refractivity (Wildman–Crippen MR) is 58.9 cm³/mol. The Morgan fingerprint density at radius 2 is 1.80 bits per heavy atom. The molecule has 0 unspecified atom stereocenters. The van der Waals surface area contributed by atoms with Crippen LogP contribution in [0.2, 0.25) is 0 Å². The number of hydrogen-bond donors (Lipinski definition) is 0. The van der Waals surface area contributed by atoms with Crippen LogP contribution in [0.25, 0.3) is 6.08 Å². The average Bonchev–Trinajstić information content (AvgIpc) is 2.23. The van der Waals surface area contributed by atoms with Gasteiger partial charge in [0.15, 0.2) is 0 Å². The average molecular weight is 200 g/mol. The van der Waals surface area contributed by atoms with Gasteiger partial charge in [0.1, 0.15) is 0 Å². The Morgan fingerprint density at radius 3 is 2.47 bits per heavy atom. The first-order chi connectivity index (χ1) is 7.11. The molecule has 0 saturated heterocycles. The molecule has 0 atom stereocenters. The first-order valence-electron chi connectivity index (χ1n) is 5.01. The molecule has 0 aromatic heterocycles. The molecule has 1 aromatic rings. The smallest absolute Gasteiger partial charge is 0.233 e. The van der Waals surface area contributed by atoms with E-state index in [1.165, 1.54) is 6.08 Å². The number of rotatable bonds is 1. The van der Waals surface area contributed by atoms with Gasteiger partial charge in [-0.3, -0.25) is 9.59 Å². The molecule has 0 radical (unpaired) electrons. The maximum absolute atomic E-state index is 11.6. The number of Topliss-reactive ketones (excluding diaryl/α,β-unsaturated/α-hetero) is 1. The molecule has 0 bridgehead atoms. The minimum absolute atomic E-state index is 0.352. The highest BCUT2D eigenvalue weighted by atomic mass is 16.2. The minimum Gasteiger partial charge on any atom is -0.286 e. The molecule has 2 heteroatoms. The minimum atomic E-state index is -0.427. The monoisotopic (exact) mass is 200 g/mol. The van der Waals surface area contributed by atoms with Crippen molar-refractivity contribution in [2.24, 2.45) is 0 Å². The lowest BCUT2D eigenvalue weighted by Gasteiger charge is -2.15. The SMILES string of the molecule is CC(C)c1cccc2c1C=CC(=O)C2=O. The Hall–Kier alpha value is -1.70. The number of ketones is 2. The first-order valence-corrected chi connectivity index (χ1v) is 5.01. The summed E-state index contributed by atoms with van der Waals surface area (Å²) < 4.78 is 0. The third-order valence-corrected chi connectivity index (χ3v) is 2.63. The van der Waals surface area contributed by atoms with Crippen LogP contribution < -0.4 is 0 Å². The van der Waals surface area contributed by atoms with E-state index in [1.807, 2.05) is 12.1 Å². The molecular weight excluding hydrogens is 188 g/mol. The van der Waals surface area contributed by atoms with E-state index in [1.54, 1.807) is 12.1 Å². The van der Waals surface area contributed by atoms with Gasteiger partial charge in [-0.15, -0.1) is 0 Å². The second kappa shape index (κ2) is 3.46. The van der Waals surface area contributed by atoms with Gasteiger partial charge in [-0.1, -0.05) is 32.0 Å². The Bertz CT molecular complexity index is 467. The number of carbonyl (C=O) groups excluding carboxylic acids is 2. The normalized spacial score (nSPS) is 14.6. The van der Waals surface area contributed by atoms with Crippen LogP contribution >= 0.6 is 0 Å². The summed E-state index contributed by atoms with van der Waals surface area (Å²) in [5.74, 6) is -0.469. The predicted octanol–water partition coefficient (Wildman–Crippen LogP) is 2.59. The largest absolute Gasteiger partial charge is 0.286 e. The van der Waals surface area contributed by atoms with E-state index in [4.69, 9.17) is 0 Å². The molecule has 0 fully saturated rings. The lowest BCUT2D eigenvalue weighted by molar-refractivity contribution is -0.110. The fraction of sp³-hybridized carbons (Fsp3) is 0.231. The quantitative estimate of drug-likeness (QED) is 0.653. The van der Waals surface area contributed by atoms with Crippen LogP contribution in [0.1, 0.15) is 41.3 Å². The van der Waals surface area contributed by atoms with E-state index >= 15 is 0 Å². The van der Waals surface area contributed by atoms with Crippen molar-refractivity contribution in [3.63, 3.8) is 0 Å². The van der Waals surface area contributed by atoms with Gasteiger partial charge in [0.2, 0.25) is 11.6 Å². The van der Waals surface area contributed by atoms with Gasteiger partial charge in [0, 0.05) is 5.56 Å². The molecule has 76 valence electrons. The van der Waals surface area contributed by atoms with Crippen molar-refractivity contribution in [1.29, 1.82) is 0 Å². The molecule has 0 aliphatic heterocycles. The number of allylic oxidation sites excluding steroid dienone is 1. The zero-order chi connectivity index (χ0) is 11.0. The Labute approximate surface area is 88.6 Å². The van der Waals surface area contributed by atoms with Gasteiger partial charge < -0.3 is 0 Å². The summed E-state index contributed by atoms with van der Waals surface area (Å²) >= 11 is 0. The highest BCUT2D eigenvalue weighted by Crippen LogP contribution is 2.26. The van der Waals surface area contributed by atoms with Crippen molar-refractivity contribution in [3.8, 4) is 0 Å². The molecule has 1 aliphatic rings. The second-order valence-electron chi connectivity index (χ2n) is 3.99. The third-order valence-electron chi connectivity index (χ3n) is 2.63. The van der Waals surface area contributed by atoms with Crippen molar-refractivity contribution in [3.05, 3.63) is 41.0 Å². The van der Waals surface area contributed by atoms with Crippen molar-refractivity contribution < 1.29 is 9.59 Å². The summed E-state index contributed by atoms with van der Waals surface area (Å²) in [6, 6.07) is 5.54. The Morgan fingerprint density at radius 1 is 1.07 bits per heavy atom. The van der Waals surface area contributed by atoms with Crippen molar-refractivity contribution in [1.82, 2.24) is 0 Å². The van der Waals surface area contributed by atoms with E-state index in [0.717, 1.165) is 11.1 Å². The maximum Gasteiger partial charge on any atom is 0.233 e. The molecule has 15 heavy (non-hydrogen) atoms. The summed E-state index contributed by atoms with van der Waals surface area (Å²) in [4.78, 5) is 22.8. The van der Waals surface area contributed by atoms with Crippen molar-refractivity contribution in [2.75, 3.05) is 0 Å². The van der Waals surface area contributed by atoms with Gasteiger partial charge in [-0.2, -0.15) is 0 Å². The summed E-state index contributed by atoms with van der Waals surface area (Å²) in [5, 5.41) is 0. The molecule has 2 rings (SSSR count). The van der Waals surface area contributed by atoms with Crippen molar-refractivity contribution in [2.45, 2.75) is 19.8 Å². The molecule has 1 aromatic carbocycles. The highest BCUT2D eigenvalue weighted by molar-refractivity contribution is 6.50. The number of carbonyl (C=O) groups is 2. The van der Waals surface area contributed by atoms with E-state index in [-0.39, 0.29) is 0 Å². The molecular formula is C13H12O2. The summed E-state index contributed by atoms with van der Waals surface area (Å²) in [5.41, 5.74) is 2.55. The van der Waals surface area contributed by atoms with Crippen LogP contribution in [0.15, 0.2) is 24.3 Å². The van der Waals surface area contributed by atoms with Gasteiger partial charge in [-0.25, -0.2) is 0 Å². The lowest BCUT2D eigenvalue weighted by Crippen LogP contribution is -2.17. The van der Waals surface area contributed by atoms with Crippen LogP contribution in [0, 0.1) is 0 Å². The van der Waals surface area contributed by atoms with E-state index in [0.29, 0.717) is 11.5 Å². The first kappa shape index (κ1) is 9.84. The van der Waals surface area contributed by atoms with Gasteiger partial charge in [-0.05, 0) is 29.2 Å². The highest BCUT2D eigenvalue weighted by Gasteiger charge is 2.22. The molecule has 0 heterocycles. The molecule has 1 aliphatic carbocycles. The third kappa shape index (κ3) is 1.52. The van der Waals surface area contributed by atoms with Crippen molar-refractivity contribution >= 4 is 17.6 Å². The summed E-state index contributed by atoms with van der Waals surface area (Å²) in [7, 11) is 0. The van der Waals surface area contributed by atoms with E-state index < -0.39 is 11.6 Å². The maximum atomic E-state index is 11.6. The molecule has 0 saturated carbocycles. The van der Waals surface area contributed by atoms with E-state index in [2.05, 4.69) is 13.8 Å². The van der Waals surface area contributed by atoms with Crippen LogP contribution in [0.5, 0.6) is 0 Å². The topological polar surface area (TPSA) is 34.1 Å². The number of benzene rings is 1. The van der Waals surface area contributed by atoms with Gasteiger partial charge in [0.05, 0.1) is 0 Å². The Kier molecular flexibility index (Phi) is 2.27. The zero-order valence-corrected chi connectivity index (χ0v) is 8.78. The van der Waals surface area contributed by atoms with Crippen LogP contribution in [-0.4, -0.2) is 11.6 Å². The zero-order valence-electron chi connectivity index (χ0n) is 8.78. The fourth-order valence-electron chi connectivity index (χ4n) is 1.84. The summed E-state index contributed by atoms with van der Waals surface area (Å²) in [6.07, 6.45) is 3.10. The van der Waals surface area contributed by atoms with Crippen LogP contribution in [0.3, 0.4) is 0 Å². The second-order valence-corrected chi connectivity index (χ2v) is 3.99. The standard InChI is InChI=1S/C13H12O2/c1-8(2)9-4-3-5-11-10(9)6-7-12(14)13(11)15/h3-8H,1-2H3. The molecule has 0 spiro atoms. The molecule has 2 nitrogen and oxygen atoms in total.